The van der Waals surface area contributed by atoms with E-state index in [1.165, 1.54) is 11.3 Å². The number of anilines is 1. The summed E-state index contributed by atoms with van der Waals surface area (Å²) in [5, 5.41) is 4.22. The Morgan fingerprint density at radius 1 is 1.20 bits per heavy atom. The largest absolute Gasteiger partial charge is 0.371 e. The fourth-order valence-corrected chi connectivity index (χ4v) is 3.30. The van der Waals surface area contributed by atoms with Crippen LogP contribution in [0.25, 0.3) is 0 Å². The molecule has 1 amide bonds. The molecule has 0 aliphatic carbocycles. The van der Waals surface area contributed by atoms with Gasteiger partial charge in [-0.3, -0.25) is 4.79 Å². The van der Waals surface area contributed by atoms with Gasteiger partial charge >= 0.3 is 0 Å². The number of nitrogens with one attached hydrogen (secondary N) is 1. The first-order chi connectivity index (χ1) is 12.1. The molecule has 0 radical (unpaired) electrons. The van der Waals surface area contributed by atoms with Crippen LogP contribution in [0.1, 0.15) is 30.9 Å². The van der Waals surface area contributed by atoms with Gasteiger partial charge in [0.1, 0.15) is 0 Å². The van der Waals surface area contributed by atoms with E-state index in [0.717, 1.165) is 41.7 Å². The summed E-state index contributed by atoms with van der Waals surface area (Å²) in [4.78, 5) is 14.4. The number of carbonyl (C=O) groups excluding carboxylic acids is 1. The Balaban J connectivity index is 1.53. The number of para-hydroxylation sites is 1. The molecule has 0 saturated heterocycles. The number of fused-ring (bicyclic) bond motifs is 1. The van der Waals surface area contributed by atoms with E-state index in [-0.39, 0.29) is 5.91 Å². The fourth-order valence-electron chi connectivity index (χ4n) is 3.04. The molecule has 3 rings (SSSR count). The summed E-state index contributed by atoms with van der Waals surface area (Å²) in [6.07, 6.45) is 2.69. The quantitative estimate of drug-likeness (QED) is 0.606. The molecule has 0 unspecified atom stereocenters. The molecular formula is C20H22BrN3O. The maximum absolute atomic E-state index is 12.1. The molecule has 0 spiro atoms. The normalized spacial score (nSPS) is 14.2. The fraction of sp³-hybridized carbons (Fsp3) is 0.300. The molecule has 25 heavy (non-hydrogen) atoms. The van der Waals surface area contributed by atoms with Crippen LogP contribution in [0.2, 0.25) is 0 Å². The molecule has 1 aliphatic heterocycles. The van der Waals surface area contributed by atoms with Crippen molar-refractivity contribution in [2.24, 2.45) is 5.10 Å². The molecule has 0 saturated carbocycles. The standard InChI is InChI=1S/C20H22BrN3O/c1-15(16-8-10-18(21)11-9-16)22-23-20(25)12-14-24-13-4-6-17-5-2-3-7-19(17)24/h2-3,5,7-11H,4,6,12-14H2,1H3,(H,23,25). The summed E-state index contributed by atoms with van der Waals surface area (Å²) in [7, 11) is 0. The average molecular weight is 400 g/mol. The van der Waals surface area contributed by atoms with Crippen molar-refractivity contribution in [1.82, 2.24) is 5.43 Å². The molecule has 130 valence electrons. The number of benzene rings is 2. The number of carbonyl (C=O) groups is 1. The van der Waals surface area contributed by atoms with E-state index in [1.54, 1.807) is 0 Å². The van der Waals surface area contributed by atoms with Gasteiger partial charge in [-0.25, -0.2) is 5.43 Å². The van der Waals surface area contributed by atoms with Gasteiger partial charge in [0.2, 0.25) is 5.91 Å². The van der Waals surface area contributed by atoms with Gasteiger partial charge in [-0.1, -0.05) is 46.3 Å². The molecule has 1 aliphatic rings. The Kier molecular flexibility index (Phi) is 5.87. The summed E-state index contributed by atoms with van der Waals surface area (Å²) in [5.74, 6) is -0.0560. The first kappa shape index (κ1) is 17.7. The zero-order valence-electron chi connectivity index (χ0n) is 14.3. The first-order valence-corrected chi connectivity index (χ1v) is 9.35. The van der Waals surface area contributed by atoms with Gasteiger partial charge < -0.3 is 4.90 Å². The van der Waals surface area contributed by atoms with Gasteiger partial charge in [0.05, 0.1) is 5.71 Å². The molecule has 4 nitrogen and oxygen atoms in total. The van der Waals surface area contributed by atoms with Gasteiger partial charge in [0.25, 0.3) is 0 Å². The highest BCUT2D eigenvalue weighted by atomic mass is 79.9. The Hall–Kier alpha value is -2.14. The Bertz CT molecular complexity index is 771. The average Bonchev–Trinajstić information content (AvgIpc) is 2.65. The zero-order chi connectivity index (χ0) is 17.6. The Morgan fingerprint density at radius 3 is 2.76 bits per heavy atom. The number of hydrogen-bond acceptors (Lipinski definition) is 3. The number of nitrogens with zero attached hydrogens (tertiary/aromatic N) is 2. The summed E-state index contributed by atoms with van der Waals surface area (Å²) in [5.41, 5.74) is 7.09. The van der Waals surface area contributed by atoms with E-state index in [1.807, 2.05) is 31.2 Å². The Morgan fingerprint density at radius 2 is 1.96 bits per heavy atom. The summed E-state index contributed by atoms with van der Waals surface area (Å²) in [6.45, 7) is 3.62. The van der Waals surface area contributed by atoms with Gasteiger partial charge in [-0.05, 0) is 49.1 Å². The van der Waals surface area contributed by atoms with Crippen LogP contribution in [0.15, 0.2) is 58.1 Å². The maximum atomic E-state index is 12.1. The highest BCUT2D eigenvalue weighted by molar-refractivity contribution is 9.10. The third-order valence-corrected chi connectivity index (χ3v) is 4.95. The minimum atomic E-state index is -0.0560. The number of halogens is 1. The molecule has 1 heterocycles. The maximum Gasteiger partial charge on any atom is 0.241 e. The molecule has 2 aromatic rings. The lowest BCUT2D eigenvalue weighted by Crippen LogP contribution is -2.33. The topological polar surface area (TPSA) is 44.7 Å². The van der Waals surface area contributed by atoms with Gasteiger partial charge in [0.15, 0.2) is 0 Å². The molecule has 2 aromatic carbocycles. The van der Waals surface area contributed by atoms with E-state index in [2.05, 4.69) is 55.6 Å². The van der Waals surface area contributed by atoms with Crippen LogP contribution >= 0.6 is 15.9 Å². The number of amides is 1. The molecule has 0 aromatic heterocycles. The van der Waals surface area contributed by atoms with E-state index < -0.39 is 0 Å². The van der Waals surface area contributed by atoms with Crippen molar-refractivity contribution < 1.29 is 4.79 Å². The van der Waals surface area contributed by atoms with Gasteiger partial charge in [-0.2, -0.15) is 5.10 Å². The van der Waals surface area contributed by atoms with E-state index in [0.29, 0.717) is 6.42 Å². The molecule has 0 fully saturated rings. The number of hydrogen-bond donors (Lipinski definition) is 1. The van der Waals surface area contributed by atoms with Gasteiger partial charge in [-0.15, -0.1) is 0 Å². The van der Waals surface area contributed by atoms with E-state index >= 15 is 0 Å². The lowest BCUT2D eigenvalue weighted by atomic mass is 10.0. The molecule has 1 N–H and O–H groups in total. The molecular weight excluding hydrogens is 378 g/mol. The van der Waals surface area contributed by atoms with Crippen LogP contribution in [0.5, 0.6) is 0 Å². The smallest absolute Gasteiger partial charge is 0.241 e. The predicted molar refractivity (Wildman–Crippen MR) is 106 cm³/mol. The molecule has 0 bridgehead atoms. The lowest BCUT2D eigenvalue weighted by molar-refractivity contribution is -0.120. The van der Waals surface area contributed by atoms with Crippen molar-refractivity contribution in [3.8, 4) is 0 Å². The van der Waals surface area contributed by atoms with Crippen LogP contribution in [0.4, 0.5) is 5.69 Å². The number of rotatable bonds is 5. The summed E-state index contributed by atoms with van der Waals surface area (Å²) >= 11 is 3.41. The zero-order valence-corrected chi connectivity index (χ0v) is 15.9. The van der Waals surface area contributed by atoms with Crippen molar-refractivity contribution in [2.45, 2.75) is 26.2 Å². The lowest BCUT2D eigenvalue weighted by Gasteiger charge is -2.31. The third kappa shape index (κ3) is 4.69. The third-order valence-electron chi connectivity index (χ3n) is 4.43. The number of aryl methyl sites for hydroxylation is 1. The monoisotopic (exact) mass is 399 g/mol. The second kappa shape index (κ2) is 8.30. The highest BCUT2D eigenvalue weighted by Crippen LogP contribution is 2.26. The first-order valence-electron chi connectivity index (χ1n) is 8.55. The van der Waals surface area contributed by atoms with Crippen molar-refractivity contribution in [3.05, 3.63) is 64.1 Å². The van der Waals surface area contributed by atoms with Crippen LogP contribution in [0, 0.1) is 0 Å². The van der Waals surface area contributed by atoms with Crippen LogP contribution in [-0.2, 0) is 11.2 Å². The van der Waals surface area contributed by atoms with Crippen LogP contribution in [-0.4, -0.2) is 24.7 Å². The summed E-state index contributed by atoms with van der Waals surface area (Å²) < 4.78 is 1.02. The summed E-state index contributed by atoms with van der Waals surface area (Å²) in [6, 6.07) is 16.3. The molecule has 0 atom stereocenters. The van der Waals surface area contributed by atoms with Crippen molar-refractivity contribution in [3.63, 3.8) is 0 Å². The van der Waals surface area contributed by atoms with E-state index in [9.17, 15) is 4.79 Å². The van der Waals surface area contributed by atoms with Crippen LogP contribution in [0.3, 0.4) is 0 Å². The SMILES string of the molecule is CC(=NNC(=O)CCN1CCCc2ccccc21)c1ccc(Br)cc1. The van der Waals surface area contributed by atoms with Gasteiger partial charge in [0, 0.05) is 29.7 Å². The number of hydrazone groups is 1. The highest BCUT2D eigenvalue weighted by Gasteiger charge is 2.16. The van der Waals surface area contributed by atoms with Crippen LogP contribution < -0.4 is 10.3 Å². The van der Waals surface area contributed by atoms with Crippen molar-refractivity contribution >= 4 is 33.2 Å². The van der Waals surface area contributed by atoms with Crippen molar-refractivity contribution in [1.29, 1.82) is 0 Å². The second-order valence-corrected chi connectivity index (χ2v) is 7.12. The minimum Gasteiger partial charge on any atom is -0.371 e. The van der Waals surface area contributed by atoms with E-state index in [4.69, 9.17) is 0 Å². The molecule has 5 heteroatoms. The minimum absolute atomic E-state index is 0.0560. The Labute approximate surface area is 157 Å². The second-order valence-electron chi connectivity index (χ2n) is 6.21. The predicted octanol–water partition coefficient (Wildman–Crippen LogP) is 4.13. The van der Waals surface area contributed by atoms with Crippen molar-refractivity contribution in [2.75, 3.05) is 18.0 Å².